The highest BCUT2D eigenvalue weighted by atomic mass is 16.6. The van der Waals surface area contributed by atoms with Gasteiger partial charge in [0.05, 0.1) is 17.0 Å². The average molecular weight is 351 g/mol. The van der Waals surface area contributed by atoms with Crippen LogP contribution in [0.5, 0.6) is 0 Å². The molecule has 1 heterocycles. The Balaban J connectivity index is 1.90. The molecule has 2 aromatic rings. The van der Waals surface area contributed by atoms with Crippen molar-refractivity contribution >= 4 is 24.4 Å². The second kappa shape index (κ2) is 7.77. The SMILES string of the molecule is C=NN(C=NC)CCN1CCc2cc(-c3ccccc3)c([N+](=O)[O-])cc21. The zero-order valence-electron chi connectivity index (χ0n) is 14.7. The number of nitrogens with zero attached hydrogens (tertiary/aromatic N) is 5. The normalized spacial score (nSPS) is 13.0. The third-order valence-corrected chi connectivity index (χ3v) is 4.50. The van der Waals surface area contributed by atoms with Crippen LogP contribution < -0.4 is 4.90 Å². The van der Waals surface area contributed by atoms with Gasteiger partial charge in [-0.2, -0.15) is 5.10 Å². The molecular formula is C19H21N5O2. The molecule has 0 aliphatic carbocycles. The van der Waals surface area contributed by atoms with E-state index < -0.39 is 0 Å². The van der Waals surface area contributed by atoms with Gasteiger partial charge in [-0.05, 0) is 23.6 Å². The van der Waals surface area contributed by atoms with Crippen molar-refractivity contribution in [3.8, 4) is 11.1 Å². The maximum Gasteiger partial charge on any atom is 0.279 e. The van der Waals surface area contributed by atoms with Crippen molar-refractivity contribution in [2.75, 3.05) is 31.6 Å². The van der Waals surface area contributed by atoms with E-state index in [-0.39, 0.29) is 10.6 Å². The zero-order chi connectivity index (χ0) is 18.5. The Kier molecular flexibility index (Phi) is 5.26. The Labute approximate surface area is 152 Å². The smallest absolute Gasteiger partial charge is 0.279 e. The van der Waals surface area contributed by atoms with Crippen LogP contribution in [0.3, 0.4) is 0 Å². The molecule has 0 amide bonds. The Morgan fingerprint density at radius 3 is 2.77 bits per heavy atom. The van der Waals surface area contributed by atoms with Crippen LogP contribution >= 0.6 is 0 Å². The van der Waals surface area contributed by atoms with Crippen LogP contribution in [0.4, 0.5) is 11.4 Å². The van der Waals surface area contributed by atoms with Gasteiger partial charge in [-0.3, -0.25) is 20.1 Å². The number of hydrogen-bond donors (Lipinski definition) is 0. The van der Waals surface area contributed by atoms with Gasteiger partial charge in [0.2, 0.25) is 0 Å². The van der Waals surface area contributed by atoms with E-state index in [1.807, 2.05) is 36.4 Å². The molecule has 1 aliphatic heterocycles. The van der Waals surface area contributed by atoms with E-state index in [9.17, 15) is 10.1 Å². The van der Waals surface area contributed by atoms with E-state index in [4.69, 9.17) is 0 Å². The summed E-state index contributed by atoms with van der Waals surface area (Å²) in [5.74, 6) is 0. The lowest BCUT2D eigenvalue weighted by molar-refractivity contribution is -0.384. The molecule has 0 spiro atoms. The van der Waals surface area contributed by atoms with E-state index in [0.29, 0.717) is 18.7 Å². The summed E-state index contributed by atoms with van der Waals surface area (Å²) in [4.78, 5) is 17.4. The molecule has 7 nitrogen and oxygen atoms in total. The minimum atomic E-state index is -0.305. The van der Waals surface area contributed by atoms with Gasteiger partial charge in [0.15, 0.2) is 0 Å². The van der Waals surface area contributed by atoms with E-state index in [0.717, 1.165) is 29.8 Å². The van der Waals surface area contributed by atoms with Crippen molar-refractivity contribution in [2.24, 2.45) is 10.1 Å². The zero-order valence-corrected chi connectivity index (χ0v) is 14.7. The van der Waals surface area contributed by atoms with Crippen LogP contribution in [0.15, 0.2) is 52.6 Å². The van der Waals surface area contributed by atoms with Crippen LogP contribution in [0.25, 0.3) is 11.1 Å². The number of nitro benzene ring substituents is 1. The van der Waals surface area contributed by atoms with Crippen molar-refractivity contribution in [1.29, 1.82) is 0 Å². The molecule has 0 N–H and O–H groups in total. The summed E-state index contributed by atoms with van der Waals surface area (Å²) >= 11 is 0. The van der Waals surface area contributed by atoms with Gasteiger partial charge in [0, 0.05) is 38.6 Å². The van der Waals surface area contributed by atoms with Gasteiger partial charge in [-0.25, -0.2) is 0 Å². The van der Waals surface area contributed by atoms with Gasteiger partial charge in [0.1, 0.15) is 6.34 Å². The van der Waals surface area contributed by atoms with Crippen LogP contribution in [0.1, 0.15) is 5.56 Å². The van der Waals surface area contributed by atoms with Gasteiger partial charge >= 0.3 is 0 Å². The molecule has 134 valence electrons. The van der Waals surface area contributed by atoms with Crippen LogP contribution in [-0.2, 0) is 6.42 Å². The third kappa shape index (κ3) is 3.56. The molecule has 0 bridgehead atoms. The molecule has 1 aliphatic rings. The summed E-state index contributed by atoms with van der Waals surface area (Å²) in [5.41, 5.74) is 3.73. The second-order valence-corrected chi connectivity index (χ2v) is 6.04. The predicted octanol–water partition coefficient (Wildman–Crippen LogP) is 3.20. The molecular weight excluding hydrogens is 330 g/mol. The summed E-state index contributed by atoms with van der Waals surface area (Å²) < 4.78 is 0. The molecule has 26 heavy (non-hydrogen) atoms. The first-order chi connectivity index (χ1) is 12.6. The number of hydrogen-bond acceptors (Lipinski definition) is 5. The minimum absolute atomic E-state index is 0.135. The van der Waals surface area contributed by atoms with Gasteiger partial charge in [-0.1, -0.05) is 30.3 Å². The van der Waals surface area contributed by atoms with Gasteiger partial charge in [-0.15, -0.1) is 0 Å². The molecule has 0 unspecified atom stereocenters. The van der Waals surface area contributed by atoms with Crippen molar-refractivity contribution in [2.45, 2.75) is 6.42 Å². The largest absolute Gasteiger partial charge is 0.369 e. The third-order valence-electron chi connectivity index (χ3n) is 4.50. The highest BCUT2D eigenvalue weighted by Crippen LogP contribution is 2.39. The molecule has 0 fully saturated rings. The van der Waals surface area contributed by atoms with Crippen LogP contribution in [0.2, 0.25) is 0 Å². The molecule has 0 radical (unpaired) electrons. The van der Waals surface area contributed by atoms with Crippen LogP contribution in [0, 0.1) is 10.1 Å². The Morgan fingerprint density at radius 2 is 2.12 bits per heavy atom. The maximum absolute atomic E-state index is 11.6. The van der Waals surface area contributed by atoms with Gasteiger partial charge < -0.3 is 4.90 Å². The average Bonchev–Trinajstić information content (AvgIpc) is 3.06. The molecule has 0 atom stereocenters. The first-order valence-electron chi connectivity index (χ1n) is 8.41. The van der Waals surface area contributed by atoms with E-state index in [2.05, 4.69) is 21.7 Å². The molecule has 3 rings (SSSR count). The first kappa shape index (κ1) is 17.6. The molecule has 2 aromatic carbocycles. The van der Waals surface area contributed by atoms with Crippen molar-refractivity contribution in [3.05, 3.63) is 58.1 Å². The number of benzene rings is 2. The Bertz CT molecular complexity index is 835. The maximum atomic E-state index is 11.6. The molecule has 0 saturated heterocycles. The van der Waals surface area contributed by atoms with Crippen molar-refractivity contribution in [3.63, 3.8) is 0 Å². The number of anilines is 1. The summed E-state index contributed by atoms with van der Waals surface area (Å²) in [7, 11) is 1.68. The fourth-order valence-corrected chi connectivity index (χ4v) is 3.25. The highest BCUT2D eigenvalue weighted by molar-refractivity contribution is 5.79. The quantitative estimate of drug-likeness (QED) is 0.332. The number of rotatable bonds is 7. The first-order valence-corrected chi connectivity index (χ1v) is 8.41. The summed E-state index contributed by atoms with van der Waals surface area (Å²) in [6, 6.07) is 13.2. The number of nitro groups is 1. The fourth-order valence-electron chi connectivity index (χ4n) is 3.25. The lowest BCUT2D eigenvalue weighted by Crippen LogP contribution is -2.31. The number of fused-ring (bicyclic) bond motifs is 1. The Hall–Kier alpha value is -3.22. The second-order valence-electron chi connectivity index (χ2n) is 6.04. The lowest BCUT2D eigenvalue weighted by atomic mass is 9.99. The van der Waals surface area contributed by atoms with E-state index in [1.54, 1.807) is 24.5 Å². The highest BCUT2D eigenvalue weighted by Gasteiger charge is 2.26. The molecule has 0 saturated carbocycles. The van der Waals surface area contributed by atoms with Gasteiger partial charge in [0.25, 0.3) is 5.69 Å². The number of hydrazone groups is 1. The molecule has 7 heteroatoms. The minimum Gasteiger partial charge on any atom is -0.369 e. The monoisotopic (exact) mass is 351 g/mol. The molecule has 0 aromatic heterocycles. The van der Waals surface area contributed by atoms with Crippen molar-refractivity contribution in [1.82, 2.24) is 5.01 Å². The number of aliphatic imine (C=N–C) groups is 1. The fraction of sp³-hybridized carbons (Fsp3) is 0.263. The van der Waals surface area contributed by atoms with E-state index >= 15 is 0 Å². The lowest BCUT2D eigenvalue weighted by Gasteiger charge is -2.22. The predicted molar refractivity (Wildman–Crippen MR) is 105 cm³/mol. The summed E-state index contributed by atoms with van der Waals surface area (Å²) in [5, 5.41) is 17.2. The topological polar surface area (TPSA) is 74.3 Å². The standard InChI is InChI=1S/C19H21N5O2/c1-20-14-23(21-2)11-10-22-9-8-16-12-17(15-6-4-3-5-7-15)19(24(25)26)13-18(16)22/h3-7,12-14H,2,8-11H2,1H3. The Morgan fingerprint density at radius 1 is 1.35 bits per heavy atom. The summed E-state index contributed by atoms with van der Waals surface area (Å²) in [6.45, 7) is 5.67. The van der Waals surface area contributed by atoms with E-state index in [1.165, 1.54) is 0 Å². The summed E-state index contributed by atoms with van der Waals surface area (Å²) in [6.07, 6.45) is 2.49. The van der Waals surface area contributed by atoms with Crippen molar-refractivity contribution < 1.29 is 4.92 Å². The van der Waals surface area contributed by atoms with Crippen LogP contribution in [-0.4, -0.2) is 49.7 Å².